The molecule has 3 rings (SSSR count). The maximum Gasteiger partial charge on any atom is 0.159 e. The largest absolute Gasteiger partial charge is 0.271 e. The third kappa shape index (κ3) is 2.32. The highest BCUT2D eigenvalue weighted by Crippen LogP contribution is 2.40. The lowest BCUT2D eigenvalue weighted by molar-refractivity contribution is 0.431. The van der Waals surface area contributed by atoms with Gasteiger partial charge in [-0.25, -0.2) is 8.78 Å². The first-order valence-electron chi connectivity index (χ1n) is 6.68. The van der Waals surface area contributed by atoms with E-state index in [9.17, 15) is 8.78 Å². The maximum absolute atomic E-state index is 13.3. The van der Waals surface area contributed by atoms with Gasteiger partial charge in [-0.2, -0.15) is 0 Å². The van der Waals surface area contributed by atoms with Gasteiger partial charge in [0, 0.05) is 6.04 Å². The van der Waals surface area contributed by atoms with Crippen molar-refractivity contribution >= 4 is 0 Å². The fraction of sp³-hybridized carbons (Fsp3) is 0.250. The summed E-state index contributed by atoms with van der Waals surface area (Å²) in [6.07, 6.45) is 1.79. The number of hydrogen-bond acceptors (Lipinski definition) is 2. The Hall–Kier alpha value is -1.78. The highest BCUT2D eigenvalue weighted by Gasteiger charge is 2.28. The summed E-state index contributed by atoms with van der Waals surface area (Å²) in [4.78, 5) is 0. The third-order valence-corrected chi connectivity index (χ3v) is 4.03. The van der Waals surface area contributed by atoms with Gasteiger partial charge in [0.05, 0.1) is 0 Å². The Labute approximate surface area is 116 Å². The summed E-state index contributed by atoms with van der Waals surface area (Å²) in [5.41, 5.74) is 6.07. The lowest BCUT2D eigenvalue weighted by Gasteiger charge is -2.33. The topological polar surface area (TPSA) is 38.0 Å². The Morgan fingerprint density at radius 2 is 1.95 bits per heavy atom. The average molecular weight is 274 g/mol. The van der Waals surface area contributed by atoms with Crippen LogP contribution in [0.15, 0.2) is 42.5 Å². The second-order valence-corrected chi connectivity index (χ2v) is 5.23. The summed E-state index contributed by atoms with van der Waals surface area (Å²) >= 11 is 0. The molecule has 2 nitrogen and oxygen atoms in total. The van der Waals surface area contributed by atoms with Crippen molar-refractivity contribution < 1.29 is 8.78 Å². The van der Waals surface area contributed by atoms with Gasteiger partial charge in [-0.05, 0) is 47.6 Å². The quantitative estimate of drug-likeness (QED) is 0.663. The van der Waals surface area contributed by atoms with E-state index in [0.717, 1.165) is 18.9 Å². The van der Waals surface area contributed by atoms with Crippen molar-refractivity contribution in [2.75, 3.05) is 0 Å². The number of fused-ring (bicyclic) bond motifs is 1. The normalized spacial score (nSPS) is 18.2. The standard InChI is InChI=1S/C16H16F2N2/c17-14-6-5-11(8-15(14)18)16(20-19)9-12-7-10-3-1-2-4-13(10)12/h1-6,8,12,16,20H,7,9,19H2. The predicted octanol–water partition coefficient (Wildman–Crippen LogP) is 3.20. The van der Waals surface area contributed by atoms with E-state index in [2.05, 4.69) is 17.6 Å². The van der Waals surface area contributed by atoms with Gasteiger partial charge in [-0.3, -0.25) is 11.3 Å². The fourth-order valence-corrected chi connectivity index (χ4v) is 2.89. The zero-order valence-corrected chi connectivity index (χ0v) is 10.9. The van der Waals surface area contributed by atoms with Crippen molar-refractivity contribution in [2.45, 2.75) is 24.8 Å². The molecule has 2 aromatic carbocycles. The molecule has 0 fully saturated rings. The van der Waals surface area contributed by atoms with Gasteiger partial charge in [0.25, 0.3) is 0 Å². The first-order chi connectivity index (χ1) is 9.69. The summed E-state index contributed by atoms with van der Waals surface area (Å²) < 4.78 is 26.3. The molecule has 3 N–H and O–H groups in total. The van der Waals surface area contributed by atoms with Crippen LogP contribution in [0.25, 0.3) is 0 Å². The molecule has 0 heterocycles. The summed E-state index contributed by atoms with van der Waals surface area (Å²) in [5.74, 6) is 4.32. The summed E-state index contributed by atoms with van der Waals surface area (Å²) in [5, 5.41) is 0. The molecule has 1 aliphatic carbocycles. The van der Waals surface area contributed by atoms with Crippen LogP contribution < -0.4 is 11.3 Å². The van der Waals surface area contributed by atoms with Crippen molar-refractivity contribution in [1.82, 2.24) is 5.43 Å². The van der Waals surface area contributed by atoms with Crippen LogP contribution in [0.4, 0.5) is 8.78 Å². The SMILES string of the molecule is NNC(CC1Cc2ccccc21)c1ccc(F)c(F)c1. The van der Waals surface area contributed by atoms with Crippen LogP contribution in [0.1, 0.15) is 35.1 Å². The van der Waals surface area contributed by atoms with Crippen LogP contribution in [-0.4, -0.2) is 0 Å². The molecule has 0 spiro atoms. The number of benzene rings is 2. The van der Waals surface area contributed by atoms with Crippen LogP contribution in [0.3, 0.4) is 0 Å². The molecule has 0 aromatic heterocycles. The van der Waals surface area contributed by atoms with E-state index >= 15 is 0 Å². The maximum atomic E-state index is 13.3. The van der Waals surface area contributed by atoms with Crippen LogP contribution in [-0.2, 0) is 6.42 Å². The Kier molecular flexibility index (Phi) is 3.51. The lowest BCUT2D eigenvalue weighted by Crippen LogP contribution is -2.31. The van der Waals surface area contributed by atoms with E-state index < -0.39 is 11.6 Å². The van der Waals surface area contributed by atoms with Crippen molar-refractivity contribution in [2.24, 2.45) is 5.84 Å². The van der Waals surface area contributed by atoms with Crippen molar-refractivity contribution in [3.63, 3.8) is 0 Å². The molecular weight excluding hydrogens is 258 g/mol. The minimum absolute atomic E-state index is 0.177. The molecule has 2 atom stereocenters. The highest BCUT2D eigenvalue weighted by molar-refractivity contribution is 5.40. The summed E-state index contributed by atoms with van der Waals surface area (Å²) in [7, 11) is 0. The molecule has 0 amide bonds. The monoisotopic (exact) mass is 274 g/mol. The van der Waals surface area contributed by atoms with Gasteiger partial charge in [-0.1, -0.05) is 30.3 Å². The molecule has 0 bridgehead atoms. The molecule has 2 unspecified atom stereocenters. The van der Waals surface area contributed by atoms with E-state index in [-0.39, 0.29) is 6.04 Å². The van der Waals surface area contributed by atoms with E-state index in [0.29, 0.717) is 11.5 Å². The van der Waals surface area contributed by atoms with Gasteiger partial charge < -0.3 is 0 Å². The highest BCUT2D eigenvalue weighted by atomic mass is 19.2. The Morgan fingerprint density at radius 1 is 1.15 bits per heavy atom. The zero-order chi connectivity index (χ0) is 14.1. The molecular formula is C16H16F2N2. The second kappa shape index (κ2) is 5.31. The van der Waals surface area contributed by atoms with Gasteiger partial charge in [0.2, 0.25) is 0 Å². The second-order valence-electron chi connectivity index (χ2n) is 5.23. The molecule has 20 heavy (non-hydrogen) atoms. The number of hydrazine groups is 1. The summed E-state index contributed by atoms with van der Waals surface area (Å²) in [6, 6.07) is 12.0. The zero-order valence-electron chi connectivity index (χ0n) is 10.9. The minimum atomic E-state index is -0.836. The smallest absolute Gasteiger partial charge is 0.159 e. The fourth-order valence-electron chi connectivity index (χ4n) is 2.89. The van der Waals surface area contributed by atoms with Crippen LogP contribution in [0, 0.1) is 11.6 Å². The first-order valence-corrected chi connectivity index (χ1v) is 6.68. The Bertz CT molecular complexity index is 628. The van der Waals surface area contributed by atoms with E-state index in [1.807, 2.05) is 12.1 Å². The average Bonchev–Trinajstić information content (AvgIpc) is 2.44. The van der Waals surface area contributed by atoms with Crippen LogP contribution in [0.5, 0.6) is 0 Å². The van der Waals surface area contributed by atoms with Crippen molar-refractivity contribution in [1.29, 1.82) is 0 Å². The molecule has 2 aromatic rings. The van der Waals surface area contributed by atoms with Crippen molar-refractivity contribution in [3.05, 3.63) is 70.8 Å². The molecule has 0 saturated heterocycles. The Morgan fingerprint density at radius 3 is 2.65 bits per heavy atom. The predicted molar refractivity (Wildman–Crippen MR) is 73.9 cm³/mol. The molecule has 0 saturated carbocycles. The van der Waals surface area contributed by atoms with E-state index in [1.54, 1.807) is 6.07 Å². The summed E-state index contributed by atoms with van der Waals surface area (Å²) in [6.45, 7) is 0. The lowest BCUT2D eigenvalue weighted by atomic mass is 9.74. The van der Waals surface area contributed by atoms with Gasteiger partial charge >= 0.3 is 0 Å². The minimum Gasteiger partial charge on any atom is -0.271 e. The third-order valence-electron chi connectivity index (χ3n) is 4.03. The number of nitrogens with two attached hydrogens (primary N) is 1. The number of nitrogens with one attached hydrogen (secondary N) is 1. The van der Waals surface area contributed by atoms with E-state index in [1.165, 1.54) is 17.2 Å². The molecule has 0 aliphatic heterocycles. The van der Waals surface area contributed by atoms with E-state index in [4.69, 9.17) is 5.84 Å². The van der Waals surface area contributed by atoms with Crippen LogP contribution >= 0.6 is 0 Å². The van der Waals surface area contributed by atoms with Crippen molar-refractivity contribution in [3.8, 4) is 0 Å². The molecule has 1 aliphatic rings. The molecule has 104 valence electrons. The molecule has 0 radical (unpaired) electrons. The van der Waals surface area contributed by atoms with Gasteiger partial charge in [0.1, 0.15) is 0 Å². The van der Waals surface area contributed by atoms with Gasteiger partial charge in [0.15, 0.2) is 11.6 Å². The Balaban J connectivity index is 1.77. The number of halogens is 2. The van der Waals surface area contributed by atoms with Crippen LogP contribution in [0.2, 0.25) is 0 Å². The first kappa shape index (κ1) is 13.2. The number of rotatable bonds is 4. The number of hydrogen-bond donors (Lipinski definition) is 2. The molecule has 4 heteroatoms. The van der Waals surface area contributed by atoms with Gasteiger partial charge in [-0.15, -0.1) is 0 Å².